The largest absolute Gasteiger partial charge is 0.366 e. The number of halogens is 1. The van der Waals surface area contributed by atoms with Crippen LogP contribution < -0.4 is 5.32 Å². The summed E-state index contributed by atoms with van der Waals surface area (Å²) in [6, 6.07) is 3.56. The summed E-state index contributed by atoms with van der Waals surface area (Å²) in [6.45, 7) is 5.17. The van der Waals surface area contributed by atoms with E-state index in [1.54, 1.807) is 12.3 Å². The van der Waals surface area contributed by atoms with Gasteiger partial charge in [-0.2, -0.15) is 0 Å². The number of likely N-dealkylation sites (tertiary alicyclic amines) is 1. The minimum absolute atomic E-state index is 0.274. The number of pyridine rings is 1. The van der Waals surface area contributed by atoms with Crippen LogP contribution in [0, 0.1) is 5.82 Å². The summed E-state index contributed by atoms with van der Waals surface area (Å²) < 4.78 is 13.3. The third kappa shape index (κ3) is 2.50. The molecule has 2 heterocycles. The molecule has 0 amide bonds. The zero-order valence-corrected chi connectivity index (χ0v) is 9.62. The topological polar surface area (TPSA) is 28.2 Å². The van der Waals surface area contributed by atoms with Crippen LogP contribution in [0.1, 0.15) is 19.8 Å². The molecule has 2 rings (SSSR count). The van der Waals surface area contributed by atoms with Gasteiger partial charge in [0.1, 0.15) is 0 Å². The van der Waals surface area contributed by atoms with Gasteiger partial charge in [-0.25, -0.2) is 9.37 Å². The number of hydrogen-bond acceptors (Lipinski definition) is 3. The number of nitrogens with zero attached hydrogens (tertiary/aromatic N) is 2. The standard InChI is InChI=1S/C12H18FN3/c1-2-16-8-4-5-10(16)9-15-12-11(13)6-3-7-14-12/h3,6-7,10H,2,4-5,8-9H2,1H3,(H,14,15). The lowest BCUT2D eigenvalue weighted by atomic mass is 10.2. The zero-order chi connectivity index (χ0) is 11.4. The Bertz CT molecular complexity index is 343. The molecule has 1 aliphatic heterocycles. The molecule has 0 aliphatic carbocycles. The van der Waals surface area contributed by atoms with Crippen LogP contribution in [-0.2, 0) is 0 Å². The average molecular weight is 223 g/mol. The van der Waals surface area contributed by atoms with Crippen molar-refractivity contribution in [2.45, 2.75) is 25.8 Å². The van der Waals surface area contributed by atoms with Gasteiger partial charge in [0.05, 0.1) is 0 Å². The van der Waals surface area contributed by atoms with Crippen molar-refractivity contribution in [2.75, 3.05) is 25.0 Å². The molecule has 0 spiro atoms. The minimum atomic E-state index is -0.274. The summed E-state index contributed by atoms with van der Waals surface area (Å²) in [5, 5.41) is 3.09. The highest BCUT2D eigenvalue weighted by atomic mass is 19.1. The zero-order valence-electron chi connectivity index (χ0n) is 9.62. The van der Waals surface area contributed by atoms with Gasteiger partial charge in [0.25, 0.3) is 0 Å². The van der Waals surface area contributed by atoms with Crippen molar-refractivity contribution in [2.24, 2.45) is 0 Å². The van der Waals surface area contributed by atoms with Crippen molar-refractivity contribution in [1.82, 2.24) is 9.88 Å². The fourth-order valence-corrected chi connectivity index (χ4v) is 2.27. The molecular formula is C12H18FN3. The molecule has 1 aromatic rings. The van der Waals surface area contributed by atoms with E-state index in [0.717, 1.165) is 19.6 Å². The molecule has 88 valence electrons. The average Bonchev–Trinajstić information content (AvgIpc) is 2.75. The maximum Gasteiger partial charge on any atom is 0.165 e. The minimum Gasteiger partial charge on any atom is -0.366 e. The second-order valence-corrected chi connectivity index (χ2v) is 4.14. The van der Waals surface area contributed by atoms with Gasteiger partial charge < -0.3 is 5.32 Å². The van der Waals surface area contributed by atoms with Crippen LogP contribution >= 0.6 is 0 Å². The first-order valence-corrected chi connectivity index (χ1v) is 5.89. The molecule has 1 unspecified atom stereocenters. The molecule has 1 saturated heterocycles. The molecule has 16 heavy (non-hydrogen) atoms. The van der Waals surface area contributed by atoms with Crippen LogP contribution in [0.5, 0.6) is 0 Å². The summed E-state index contributed by atoms with van der Waals surface area (Å²) in [4.78, 5) is 6.41. The first-order chi connectivity index (χ1) is 7.81. The number of aromatic nitrogens is 1. The smallest absolute Gasteiger partial charge is 0.165 e. The third-order valence-corrected chi connectivity index (χ3v) is 3.17. The molecule has 4 heteroatoms. The number of rotatable bonds is 4. The molecule has 0 saturated carbocycles. The van der Waals surface area contributed by atoms with Crippen LogP contribution in [-0.4, -0.2) is 35.6 Å². The predicted molar refractivity (Wildman–Crippen MR) is 63.0 cm³/mol. The van der Waals surface area contributed by atoms with Crippen LogP contribution in [0.2, 0.25) is 0 Å². The molecule has 0 aromatic carbocycles. The van der Waals surface area contributed by atoms with Crippen LogP contribution in [0.15, 0.2) is 18.3 Å². The number of likely N-dealkylation sites (N-methyl/N-ethyl adjacent to an activating group) is 1. The van der Waals surface area contributed by atoms with Gasteiger partial charge in [0, 0.05) is 18.8 Å². The van der Waals surface area contributed by atoms with E-state index in [4.69, 9.17) is 0 Å². The van der Waals surface area contributed by atoms with Crippen LogP contribution in [0.25, 0.3) is 0 Å². The Morgan fingerprint density at radius 2 is 2.50 bits per heavy atom. The van der Waals surface area contributed by atoms with Crippen molar-refractivity contribution in [3.05, 3.63) is 24.1 Å². The fourth-order valence-electron chi connectivity index (χ4n) is 2.27. The molecule has 0 radical (unpaired) electrons. The van der Waals surface area contributed by atoms with Gasteiger partial charge in [-0.3, -0.25) is 4.90 Å². The van der Waals surface area contributed by atoms with Crippen molar-refractivity contribution in [1.29, 1.82) is 0 Å². The highest BCUT2D eigenvalue weighted by molar-refractivity contribution is 5.35. The normalized spacial score (nSPS) is 21.2. The lowest BCUT2D eigenvalue weighted by Gasteiger charge is -2.23. The molecule has 1 fully saturated rings. The Labute approximate surface area is 95.7 Å². The molecule has 1 aliphatic rings. The Hall–Kier alpha value is -1.16. The lowest BCUT2D eigenvalue weighted by molar-refractivity contribution is 0.276. The van der Waals surface area contributed by atoms with Gasteiger partial charge >= 0.3 is 0 Å². The maximum absolute atomic E-state index is 13.3. The first-order valence-electron chi connectivity index (χ1n) is 5.89. The van der Waals surface area contributed by atoms with E-state index in [0.29, 0.717) is 11.9 Å². The summed E-state index contributed by atoms with van der Waals surface area (Å²) in [5.41, 5.74) is 0. The second kappa shape index (κ2) is 5.25. The van der Waals surface area contributed by atoms with E-state index >= 15 is 0 Å². The van der Waals surface area contributed by atoms with Crippen LogP contribution in [0.3, 0.4) is 0 Å². The monoisotopic (exact) mass is 223 g/mol. The highest BCUT2D eigenvalue weighted by Crippen LogP contribution is 2.17. The predicted octanol–water partition coefficient (Wildman–Crippen LogP) is 2.12. The highest BCUT2D eigenvalue weighted by Gasteiger charge is 2.22. The summed E-state index contributed by atoms with van der Waals surface area (Å²) in [6.07, 6.45) is 4.04. The first kappa shape index (κ1) is 11.3. The maximum atomic E-state index is 13.3. The quantitative estimate of drug-likeness (QED) is 0.847. The molecule has 1 atom stereocenters. The van der Waals surface area contributed by atoms with Gasteiger partial charge in [-0.05, 0) is 38.1 Å². The van der Waals surface area contributed by atoms with Gasteiger partial charge in [-0.1, -0.05) is 6.92 Å². The van der Waals surface area contributed by atoms with Crippen LogP contribution in [0.4, 0.5) is 10.2 Å². The van der Waals surface area contributed by atoms with E-state index in [1.807, 2.05) is 0 Å². The Kier molecular flexibility index (Phi) is 3.72. The van der Waals surface area contributed by atoms with Gasteiger partial charge in [0.2, 0.25) is 0 Å². The molecule has 3 nitrogen and oxygen atoms in total. The van der Waals surface area contributed by atoms with Crippen molar-refractivity contribution in [3.8, 4) is 0 Å². The number of nitrogens with one attached hydrogen (secondary N) is 1. The fraction of sp³-hybridized carbons (Fsp3) is 0.583. The SMILES string of the molecule is CCN1CCCC1CNc1ncccc1F. The van der Waals surface area contributed by atoms with Gasteiger partial charge in [-0.15, -0.1) is 0 Å². The van der Waals surface area contributed by atoms with E-state index < -0.39 is 0 Å². The summed E-state index contributed by atoms with van der Waals surface area (Å²) in [5.74, 6) is 0.0917. The molecule has 1 aromatic heterocycles. The Balaban J connectivity index is 1.90. The molecule has 0 bridgehead atoms. The molecule has 1 N–H and O–H groups in total. The third-order valence-electron chi connectivity index (χ3n) is 3.17. The van der Waals surface area contributed by atoms with Crippen molar-refractivity contribution in [3.63, 3.8) is 0 Å². The van der Waals surface area contributed by atoms with E-state index in [1.165, 1.54) is 18.9 Å². The van der Waals surface area contributed by atoms with E-state index in [-0.39, 0.29) is 5.82 Å². The summed E-state index contributed by atoms with van der Waals surface area (Å²) >= 11 is 0. The number of anilines is 1. The van der Waals surface area contributed by atoms with E-state index in [9.17, 15) is 4.39 Å². The van der Waals surface area contributed by atoms with Crippen molar-refractivity contribution < 1.29 is 4.39 Å². The second-order valence-electron chi connectivity index (χ2n) is 4.14. The molecular weight excluding hydrogens is 205 g/mol. The Morgan fingerprint density at radius 1 is 1.62 bits per heavy atom. The Morgan fingerprint density at radius 3 is 3.25 bits per heavy atom. The lowest BCUT2D eigenvalue weighted by Crippen LogP contribution is -2.34. The number of hydrogen-bond donors (Lipinski definition) is 1. The van der Waals surface area contributed by atoms with Crippen molar-refractivity contribution >= 4 is 5.82 Å². The van der Waals surface area contributed by atoms with Gasteiger partial charge in [0.15, 0.2) is 11.6 Å². The summed E-state index contributed by atoms with van der Waals surface area (Å²) in [7, 11) is 0. The van der Waals surface area contributed by atoms with E-state index in [2.05, 4.69) is 22.1 Å².